The van der Waals surface area contributed by atoms with Crippen LogP contribution < -0.4 is 9.64 Å². The monoisotopic (exact) mass is 458 g/mol. The Labute approximate surface area is 200 Å². The van der Waals surface area contributed by atoms with Crippen LogP contribution in [0, 0.1) is 5.41 Å². The van der Waals surface area contributed by atoms with E-state index < -0.39 is 0 Å². The number of piperidine rings is 2. The highest BCUT2D eigenvalue weighted by molar-refractivity contribution is 5.83. The molecule has 2 aliphatic heterocycles. The summed E-state index contributed by atoms with van der Waals surface area (Å²) in [5.74, 6) is 2.36. The van der Waals surface area contributed by atoms with Gasteiger partial charge in [-0.25, -0.2) is 15.0 Å². The van der Waals surface area contributed by atoms with Gasteiger partial charge in [0.05, 0.1) is 11.9 Å². The Kier molecular flexibility index (Phi) is 6.38. The molecule has 0 saturated carbocycles. The van der Waals surface area contributed by atoms with Crippen molar-refractivity contribution >= 4 is 11.9 Å². The zero-order valence-electron chi connectivity index (χ0n) is 19.5. The van der Waals surface area contributed by atoms with Crippen molar-refractivity contribution < 1.29 is 9.53 Å². The minimum atomic E-state index is -0.364. The van der Waals surface area contributed by atoms with E-state index in [0.29, 0.717) is 12.4 Å². The smallest absolute Gasteiger partial charge is 0.238 e. The number of para-hydroxylation sites is 1. The normalized spacial score (nSPS) is 20.1. The molecule has 1 atom stereocenters. The molecule has 2 aromatic heterocycles. The van der Waals surface area contributed by atoms with Gasteiger partial charge >= 0.3 is 0 Å². The molecule has 1 amide bonds. The summed E-state index contributed by atoms with van der Waals surface area (Å²) in [5, 5.41) is 0. The molecule has 1 aromatic carbocycles. The van der Waals surface area contributed by atoms with Gasteiger partial charge in [0.1, 0.15) is 5.75 Å². The first kappa shape index (κ1) is 22.3. The maximum atomic E-state index is 13.6. The third-order valence-corrected chi connectivity index (χ3v) is 6.94. The molecule has 0 N–H and O–H groups in total. The Balaban J connectivity index is 1.23. The van der Waals surface area contributed by atoms with Gasteiger partial charge in [-0.2, -0.15) is 0 Å². The zero-order chi connectivity index (χ0) is 23.4. The number of likely N-dealkylation sites (tertiary alicyclic amines) is 1. The summed E-state index contributed by atoms with van der Waals surface area (Å²) in [6, 6.07) is 11.4. The third kappa shape index (κ3) is 4.85. The molecule has 0 aliphatic carbocycles. The third-order valence-electron chi connectivity index (χ3n) is 6.94. The van der Waals surface area contributed by atoms with Crippen molar-refractivity contribution in [3.05, 3.63) is 66.9 Å². The molecule has 5 rings (SSSR count). The first-order chi connectivity index (χ1) is 16.6. The Morgan fingerprint density at radius 3 is 2.56 bits per heavy atom. The fourth-order valence-electron chi connectivity index (χ4n) is 4.87. The lowest BCUT2D eigenvalue weighted by Crippen LogP contribution is -2.51. The summed E-state index contributed by atoms with van der Waals surface area (Å²) in [4.78, 5) is 35.6. The molecule has 8 nitrogen and oxygen atoms in total. The molecule has 3 aromatic rings. The second-order valence-corrected chi connectivity index (χ2v) is 9.38. The van der Waals surface area contributed by atoms with Crippen LogP contribution in [0.1, 0.15) is 44.2 Å². The van der Waals surface area contributed by atoms with Crippen molar-refractivity contribution in [3.8, 4) is 11.6 Å². The summed E-state index contributed by atoms with van der Waals surface area (Å²) in [6.45, 7) is 5.14. The van der Waals surface area contributed by atoms with Gasteiger partial charge in [-0.1, -0.05) is 25.1 Å². The lowest BCUT2D eigenvalue weighted by molar-refractivity contribution is -0.143. The number of carbonyl (C=O) groups is 1. The second-order valence-electron chi connectivity index (χ2n) is 9.38. The van der Waals surface area contributed by atoms with Crippen molar-refractivity contribution in [2.24, 2.45) is 5.41 Å². The van der Waals surface area contributed by atoms with Crippen LogP contribution in [0.25, 0.3) is 0 Å². The number of aromatic nitrogens is 4. The van der Waals surface area contributed by atoms with Crippen molar-refractivity contribution in [2.45, 2.75) is 38.5 Å². The predicted molar refractivity (Wildman–Crippen MR) is 129 cm³/mol. The van der Waals surface area contributed by atoms with Gasteiger partial charge in [-0.05, 0) is 43.9 Å². The van der Waals surface area contributed by atoms with Crippen LogP contribution in [0.3, 0.4) is 0 Å². The topological polar surface area (TPSA) is 84.3 Å². The van der Waals surface area contributed by atoms with Crippen LogP contribution >= 0.6 is 0 Å². The first-order valence-electron chi connectivity index (χ1n) is 12.0. The number of ether oxygens (including phenoxy) is 1. The van der Waals surface area contributed by atoms with Gasteiger partial charge in [0.25, 0.3) is 0 Å². The molecule has 2 fully saturated rings. The number of nitrogens with zero attached hydrogens (tertiary/aromatic N) is 6. The number of anilines is 1. The Hall–Kier alpha value is -3.55. The number of carbonyl (C=O) groups excluding carboxylic acids is 1. The molecule has 34 heavy (non-hydrogen) atoms. The van der Waals surface area contributed by atoms with Crippen LogP contribution in [-0.2, 0) is 4.79 Å². The fourth-order valence-corrected chi connectivity index (χ4v) is 4.87. The minimum Gasteiger partial charge on any atom is -0.437 e. The molecule has 176 valence electrons. The van der Waals surface area contributed by atoms with E-state index in [0.717, 1.165) is 62.7 Å². The largest absolute Gasteiger partial charge is 0.437 e. The van der Waals surface area contributed by atoms with Crippen LogP contribution in [0.4, 0.5) is 5.95 Å². The van der Waals surface area contributed by atoms with Gasteiger partial charge in [0.2, 0.25) is 17.7 Å². The van der Waals surface area contributed by atoms with Crippen molar-refractivity contribution in [3.63, 3.8) is 0 Å². The Morgan fingerprint density at radius 2 is 1.79 bits per heavy atom. The van der Waals surface area contributed by atoms with Gasteiger partial charge in [0, 0.05) is 56.1 Å². The molecule has 8 heteroatoms. The van der Waals surface area contributed by atoms with E-state index in [1.807, 2.05) is 41.3 Å². The molecular formula is C26H30N6O2. The quantitative estimate of drug-likeness (QED) is 0.570. The molecule has 4 heterocycles. The fraction of sp³-hybridized carbons (Fsp3) is 0.423. The standard InChI is InChI=1S/C26H30N6O2/c1-26(10-15-31(16-11-26)25-28-12-6-13-29-25)24(33)32-14-5-7-20(19-32)22-17-27-18-23(30-22)34-21-8-3-2-4-9-21/h2-4,6,8-9,12-13,17-18,20H,5,7,10-11,14-16,19H2,1H3/t20-/m0/s1. The Morgan fingerprint density at radius 1 is 1.03 bits per heavy atom. The predicted octanol–water partition coefficient (Wildman–Crippen LogP) is 4.07. The average molecular weight is 459 g/mol. The number of rotatable bonds is 5. The zero-order valence-corrected chi connectivity index (χ0v) is 19.5. The summed E-state index contributed by atoms with van der Waals surface area (Å²) >= 11 is 0. The van der Waals surface area contributed by atoms with E-state index in [2.05, 4.69) is 26.8 Å². The van der Waals surface area contributed by atoms with Crippen LogP contribution in [0.5, 0.6) is 11.6 Å². The van der Waals surface area contributed by atoms with Crippen molar-refractivity contribution in [1.29, 1.82) is 0 Å². The van der Waals surface area contributed by atoms with Crippen LogP contribution in [0.2, 0.25) is 0 Å². The number of hydrogen-bond donors (Lipinski definition) is 0. The van der Waals surface area contributed by atoms with Crippen LogP contribution in [-0.4, -0.2) is 56.9 Å². The van der Waals surface area contributed by atoms with E-state index >= 15 is 0 Å². The van der Waals surface area contributed by atoms with E-state index in [1.165, 1.54) is 0 Å². The van der Waals surface area contributed by atoms with Crippen molar-refractivity contribution in [1.82, 2.24) is 24.8 Å². The summed E-state index contributed by atoms with van der Waals surface area (Å²) in [7, 11) is 0. The SMILES string of the molecule is CC1(C(=O)N2CCC[C@H](c3cncc(Oc4ccccc4)n3)C2)CCN(c2ncccn2)CC1. The van der Waals surface area contributed by atoms with E-state index in [4.69, 9.17) is 9.72 Å². The van der Waals surface area contributed by atoms with Crippen molar-refractivity contribution in [2.75, 3.05) is 31.1 Å². The average Bonchev–Trinajstić information content (AvgIpc) is 2.90. The number of amides is 1. The number of hydrogen-bond acceptors (Lipinski definition) is 7. The van der Waals surface area contributed by atoms with Gasteiger partial charge in [-0.3, -0.25) is 9.78 Å². The summed E-state index contributed by atoms with van der Waals surface area (Å²) in [5.41, 5.74) is 0.518. The van der Waals surface area contributed by atoms with E-state index in [1.54, 1.807) is 24.8 Å². The molecule has 0 unspecified atom stereocenters. The molecule has 2 aliphatic rings. The van der Waals surface area contributed by atoms with Gasteiger partial charge in [0.15, 0.2) is 0 Å². The lowest BCUT2D eigenvalue weighted by Gasteiger charge is -2.43. The second kappa shape index (κ2) is 9.75. The highest BCUT2D eigenvalue weighted by atomic mass is 16.5. The highest BCUT2D eigenvalue weighted by Crippen LogP contribution is 2.36. The lowest BCUT2D eigenvalue weighted by atomic mass is 9.78. The highest BCUT2D eigenvalue weighted by Gasteiger charge is 2.41. The molecular weight excluding hydrogens is 428 g/mol. The van der Waals surface area contributed by atoms with Crippen LogP contribution in [0.15, 0.2) is 61.2 Å². The Bertz CT molecular complexity index is 1100. The van der Waals surface area contributed by atoms with E-state index in [-0.39, 0.29) is 17.2 Å². The maximum Gasteiger partial charge on any atom is 0.238 e. The minimum absolute atomic E-state index is 0.158. The van der Waals surface area contributed by atoms with E-state index in [9.17, 15) is 4.79 Å². The summed E-state index contributed by atoms with van der Waals surface area (Å²) < 4.78 is 5.87. The number of benzene rings is 1. The van der Waals surface area contributed by atoms with Gasteiger partial charge < -0.3 is 14.5 Å². The van der Waals surface area contributed by atoms with Gasteiger partial charge in [-0.15, -0.1) is 0 Å². The molecule has 2 saturated heterocycles. The summed E-state index contributed by atoms with van der Waals surface area (Å²) in [6.07, 6.45) is 10.5. The first-order valence-corrected chi connectivity index (χ1v) is 12.0. The molecule has 0 bridgehead atoms. The molecule has 0 spiro atoms. The molecule has 0 radical (unpaired) electrons. The maximum absolute atomic E-state index is 13.6.